The Balaban J connectivity index is 2.87. The van der Waals surface area contributed by atoms with Crippen LogP contribution in [-0.2, 0) is 0 Å². The fourth-order valence-electron chi connectivity index (χ4n) is 1.55. The van der Waals surface area contributed by atoms with E-state index in [1.165, 1.54) is 0 Å². The number of halogens is 3. The summed E-state index contributed by atoms with van der Waals surface area (Å²) in [4.78, 5) is 12.2. The number of benzene rings is 1. The molecule has 2 nitrogen and oxygen atoms in total. The molecule has 0 saturated heterocycles. The van der Waals surface area contributed by atoms with Gasteiger partial charge in [0.15, 0.2) is 0 Å². The molecule has 1 aromatic carbocycles. The number of carbonyl (C=O) groups excluding carboxylic acids is 1. The molecule has 1 rings (SSSR count). The van der Waals surface area contributed by atoms with E-state index in [0.717, 1.165) is 18.2 Å². The lowest BCUT2D eigenvalue weighted by Gasteiger charge is -2.29. The Morgan fingerprint density at radius 3 is 2.61 bits per heavy atom. The van der Waals surface area contributed by atoms with Gasteiger partial charge >= 0.3 is 0 Å². The van der Waals surface area contributed by atoms with E-state index < -0.39 is 0 Å². The van der Waals surface area contributed by atoms with Crippen molar-refractivity contribution in [2.75, 3.05) is 5.33 Å². The molecule has 1 atom stereocenters. The normalized spacial score (nSPS) is 14.1. The number of hydrogen-bond donors (Lipinski definition) is 1. The molecule has 0 fully saturated rings. The van der Waals surface area contributed by atoms with Crippen LogP contribution >= 0.6 is 39.1 Å². The molecule has 0 radical (unpaired) electrons. The lowest BCUT2D eigenvalue weighted by Crippen LogP contribution is -2.45. The molecule has 5 heteroatoms. The van der Waals surface area contributed by atoms with Gasteiger partial charge in [-0.15, -0.1) is 0 Å². The Hall–Kier alpha value is -0.250. The van der Waals surface area contributed by atoms with Gasteiger partial charge in [0.1, 0.15) is 0 Å². The summed E-state index contributed by atoms with van der Waals surface area (Å²) in [5, 5.41) is 4.76. The second kappa shape index (κ2) is 6.78. The molecular weight excluding hydrogens is 337 g/mol. The van der Waals surface area contributed by atoms with E-state index in [0.29, 0.717) is 15.6 Å². The minimum atomic E-state index is -0.233. The van der Waals surface area contributed by atoms with Gasteiger partial charge in [-0.3, -0.25) is 4.79 Å². The van der Waals surface area contributed by atoms with E-state index >= 15 is 0 Å². The first-order chi connectivity index (χ1) is 8.41. The van der Waals surface area contributed by atoms with Crippen LogP contribution in [0.5, 0.6) is 0 Å². The molecule has 0 aliphatic carbocycles. The van der Waals surface area contributed by atoms with Crippen LogP contribution in [0.1, 0.15) is 37.0 Å². The molecular formula is C13H16BrCl2NO. The monoisotopic (exact) mass is 351 g/mol. The average Bonchev–Trinajstić information content (AvgIpc) is 2.28. The minimum absolute atomic E-state index is 0.165. The Kier molecular flexibility index (Phi) is 5.96. The molecule has 0 heterocycles. The maximum atomic E-state index is 12.2. The summed E-state index contributed by atoms with van der Waals surface area (Å²) in [7, 11) is 0. The van der Waals surface area contributed by atoms with E-state index in [1.54, 1.807) is 18.2 Å². The van der Waals surface area contributed by atoms with Gasteiger partial charge in [-0.1, -0.05) is 46.1 Å². The van der Waals surface area contributed by atoms with Crippen LogP contribution in [0, 0.1) is 0 Å². The smallest absolute Gasteiger partial charge is 0.253 e. The van der Waals surface area contributed by atoms with Crippen molar-refractivity contribution in [1.29, 1.82) is 0 Å². The van der Waals surface area contributed by atoms with Crippen LogP contribution in [-0.4, -0.2) is 16.8 Å². The number of nitrogens with one attached hydrogen (secondary N) is 1. The Bertz CT molecular complexity index is 439. The van der Waals surface area contributed by atoms with Crippen LogP contribution in [0.3, 0.4) is 0 Å². The molecule has 100 valence electrons. The molecule has 0 aromatic heterocycles. The van der Waals surface area contributed by atoms with Crippen molar-refractivity contribution < 1.29 is 4.79 Å². The van der Waals surface area contributed by atoms with Crippen molar-refractivity contribution in [2.24, 2.45) is 0 Å². The third-order valence-corrected chi connectivity index (χ3v) is 3.96. The zero-order valence-corrected chi connectivity index (χ0v) is 13.5. The zero-order chi connectivity index (χ0) is 13.8. The van der Waals surface area contributed by atoms with Crippen LogP contribution in [0.4, 0.5) is 0 Å². The largest absolute Gasteiger partial charge is 0.347 e. The highest BCUT2D eigenvalue weighted by molar-refractivity contribution is 9.09. The molecule has 0 spiro atoms. The van der Waals surface area contributed by atoms with Gasteiger partial charge in [0.2, 0.25) is 0 Å². The predicted molar refractivity (Wildman–Crippen MR) is 81.0 cm³/mol. The topological polar surface area (TPSA) is 29.1 Å². The summed E-state index contributed by atoms with van der Waals surface area (Å²) in [6.07, 6.45) is 1.72. The molecule has 0 aliphatic heterocycles. The summed E-state index contributed by atoms with van der Waals surface area (Å²) in [5.41, 5.74) is 0.221. The first-order valence-corrected chi connectivity index (χ1v) is 7.63. The molecule has 1 amide bonds. The first-order valence-electron chi connectivity index (χ1n) is 5.75. The van der Waals surface area contributed by atoms with Gasteiger partial charge in [-0.2, -0.15) is 0 Å². The second-order valence-corrected chi connectivity index (χ2v) is 6.07. The van der Waals surface area contributed by atoms with Crippen molar-refractivity contribution in [3.8, 4) is 0 Å². The summed E-state index contributed by atoms with van der Waals surface area (Å²) in [6, 6.07) is 4.88. The molecule has 1 unspecified atom stereocenters. The molecule has 0 aliphatic rings. The van der Waals surface area contributed by atoms with E-state index in [9.17, 15) is 4.79 Å². The van der Waals surface area contributed by atoms with E-state index in [2.05, 4.69) is 21.2 Å². The zero-order valence-electron chi connectivity index (χ0n) is 10.4. The molecule has 1 N–H and O–H groups in total. The van der Waals surface area contributed by atoms with E-state index in [4.69, 9.17) is 23.2 Å². The third-order valence-electron chi connectivity index (χ3n) is 3.02. The Labute approximate surface area is 126 Å². The van der Waals surface area contributed by atoms with Gasteiger partial charge in [-0.25, -0.2) is 0 Å². The number of rotatable bonds is 5. The lowest BCUT2D eigenvalue weighted by molar-refractivity contribution is 0.0902. The maximum absolute atomic E-state index is 12.2. The van der Waals surface area contributed by atoms with Crippen LogP contribution in [0.25, 0.3) is 0 Å². The van der Waals surface area contributed by atoms with Gasteiger partial charge < -0.3 is 5.32 Å². The molecule has 18 heavy (non-hydrogen) atoms. The third kappa shape index (κ3) is 4.15. The summed E-state index contributed by atoms with van der Waals surface area (Å²) in [5.74, 6) is -0.165. The summed E-state index contributed by atoms with van der Waals surface area (Å²) < 4.78 is 0. The second-order valence-electron chi connectivity index (χ2n) is 4.43. The number of hydrogen-bond acceptors (Lipinski definition) is 1. The number of amides is 1. The van der Waals surface area contributed by atoms with Crippen molar-refractivity contribution >= 4 is 45.0 Å². The highest BCUT2D eigenvalue weighted by atomic mass is 79.9. The van der Waals surface area contributed by atoms with E-state index in [1.807, 2.05) is 13.8 Å². The van der Waals surface area contributed by atoms with Gasteiger partial charge in [0, 0.05) is 15.9 Å². The standard InChI is InChI=1S/C13H16BrCl2NO/c1-3-13(2,6-7-14)17-12(18)10-5-4-9(15)8-11(10)16/h4-5,8H,3,6-7H2,1-2H3,(H,17,18). The van der Waals surface area contributed by atoms with Crippen LogP contribution < -0.4 is 5.32 Å². The predicted octanol–water partition coefficient (Wildman–Crippen LogP) is 4.68. The maximum Gasteiger partial charge on any atom is 0.253 e. The Morgan fingerprint density at radius 2 is 2.11 bits per heavy atom. The molecule has 1 aromatic rings. The summed E-state index contributed by atoms with van der Waals surface area (Å²) >= 11 is 15.2. The Morgan fingerprint density at radius 1 is 1.44 bits per heavy atom. The van der Waals surface area contributed by atoms with Crippen molar-refractivity contribution in [2.45, 2.75) is 32.2 Å². The molecule has 0 saturated carbocycles. The highest BCUT2D eigenvalue weighted by Crippen LogP contribution is 2.23. The van der Waals surface area contributed by atoms with E-state index in [-0.39, 0.29) is 11.4 Å². The minimum Gasteiger partial charge on any atom is -0.347 e. The average molecular weight is 353 g/mol. The fraction of sp³-hybridized carbons (Fsp3) is 0.462. The fourth-order valence-corrected chi connectivity index (χ4v) is 2.92. The van der Waals surface area contributed by atoms with Gasteiger partial charge in [0.25, 0.3) is 5.91 Å². The van der Waals surface area contributed by atoms with Crippen LogP contribution in [0.15, 0.2) is 18.2 Å². The first kappa shape index (κ1) is 15.8. The van der Waals surface area contributed by atoms with Crippen molar-refractivity contribution in [3.63, 3.8) is 0 Å². The van der Waals surface area contributed by atoms with Gasteiger partial charge in [0.05, 0.1) is 10.6 Å². The van der Waals surface area contributed by atoms with Crippen molar-refractivity contribution in [3.05, 3.63) is 33.8 Å². The number of alkyl halides is 1. The quantitative estimate of drug-likeness (QED) is 0.766. The summed E-state index contributed by atoms with van der Waals surface area (Å²) in [6.45, 7) is 4.07. The highest BCUT2D eigenvalue weighted by Gasteiger charge is 2.24. The van der Waals surface area contributed by atoms with Crippen LogP contribution in [0.2, 0.25) is 10.0 Å². The van der Waals surface area contributed by atoms with Gasteiger partial charge in [-0.05, 0) is 38.0 Å². The lowest BCUT2D eigenvalue weighted by atomic mass is 9.95. The number of carbonyl (C=O) groups is 1. The molecule has 0 bridgehead atoms. The SMILES string of the molecule is CCC(C)(CCBr)NC(=O)c1ccc(Cl)cc1Cl. The van der Waals surface area contributed by atoms with Crippen molar-refractivity contribution in [1.82, 2.24) is 5.32 Å².